The first-order valence-corrected chi connectivity index (χ1v) is 8.82. The molecule has 23 heavy (non-hydrogen) atoms. The lowest BCUT2D eigenvalue weighted by molar-refractivity contribution is -0.162. The maximum atomic E-state index is 13.4. The third-order valence-electron chi connectivity index (χ3n) is 6.29. The summed E-state index contributed by atoms with van der Waals surface area (Å²) in [6.07, 6.45) is 1.18. The van der Waals surface area contributed by atoms with Gasteiger partial charge in [0.1, 0.15) is 0 Å². The number of rotatable bonds is 6. The van der Waals surface area contributed by atoms with Crippen molar-refractivity contribution in [2.24, 2.45) is 28.1 Å². The van der Waals surface area contributed by atoms with Crippen LogP contribution in [0.25, 0.3) is 0 Å². The summed E-state index contributed by atoms with van der Waals surface area (Å²) in [6.45, 7) is 17.6. The lowest BCUT2D eigenvalue weighted by Gasteiger charge is -2.46. The predicted octanol–water partition coefficient (Wildman–Crippen LogP) is 4.04. The van der Waals surface area contributed by atoms with E-state index >= 15 is 0 Å². The van der Waals surface area contributed by atoms with E-state index in [1.54, 1.807) is 6.92 Å². The molecule has 4 nitrogen and oxygen atoms in total. The second-order valence-corrected chi connectivity index (χ2v) is 9.09. The maximum absolute atomic E-state index is 13.4. The van der Waals surface area contributed by atoms with Crippen molar-refractivity contribution in [1.29, 1.82) is 0 Å². The molecular formula is C19H35NO3. The van der Waals surface area contributed by atoms with E-state index in [0.29, 0.717) is 24.7 Å². The van der Waals surface area contributed by atoms with Crippen molar-refractivity contribution in [3.8, 4) is 0 Å². The van der Waals surface area contributed by atoms with Gasteiger partial charge in [-0.25, -0.2) is 0 Å². The van der Waals surface area contributed by atoms with E-state index in [2.05, 4.69) is 27.7 Å². The predicted molar refractivity (Wildman–Crippen MR) is 93.1 cm³/mol. The van der Waals surface area contributed by atoms with Crippen LogP contribution in [0.5, 0.6) is 0 Å². The van der Waals surface area contributed by atoms with Gasteiger partial charge in [0.15, 0.2) is 0 Å². The molecule has 1 fully saturated rings. The van der Waals surface area contributed by atoms with Crippen LogP contribution in [-0.2, 0) is 9.59 Å². The Morgan fingerprint density at radius 3 is 1.61 bits per heavy atom. The van der Waals surface area contributed by atoms with E-state index in [-0.39, 0.29) is 5.91 Å². The van der Waals surface area contributed by atoms with Crippen LogP contribution >= 0.6 is 0 Å². The summed E-state index contributed by atoms with van der Waals surface area (Å²) < 4.78 is 0. The first kappa shape index (κ1) is 20.0. The molecule has 0 spiro atoms. The fourth-order valence-corrected chi connectivity index (χ4v) is 3.95. The van der Waals surface area contributed by atoms with Crippen LogP contribution in [0.15, 0.2) is 0 Å². The average molecular weight is 325 g/mol. The highest BCUT2D eigenvalue weighted by Gasteiger charge is 2.65. The highest BCUT2D eigenvalue weighted by molar-refractivity contribution is 5.87. The molecule has 1 rings (SSSR count). The minimum atomic E-state index is -0.862. The monoisotopic (exact) mass is 325 g/mol. The smallest absolute Gasteiger partial charge is 0.309 e. The lowest BCUT2D eigenvalue weighted by Crippen LogP contribution is -2.53. The number of hydrogen-bond acceptors (Lipinski definition) is 2. The van der Waals surface area contributed by atoms with Crippen molar-refractivity contribution >= 4 is 11.9 Å². The molecule has 4 heteroatoms. The van der Waals surface area contributed by atoms with E-state index in [4.69, 9.17) is 0 Å². The van der Waals surface area contributed by atoms with E-state index in [1.165, 1.54) is 0 Å². The largest absolute Gasteiger partial charge is 0.481 e. The second kappa shape index (κ2) is 6.45. The number of carbonyl (C=O) groups is 2. The molecule has 0 bridgehead atoms. The standard InChI is InChI=1S/C19H35NO3/c1-13(2)11-20(12-14(3)4)15(21)18(7)9-10-19(8,16(22)23)17(18,5)6/h13-14H,9-12H2,1-8H3,(H,22,23). The van der Waals surface area contributed by atoms with Crippen LogP contribution in [0, 0.1) is 28.1 Å². The number of amides is 1. The van der Waals surface area contributed by atoms with E-state index in [1.807, 2.05) is 25.7 Å². The molecule has 2 unspecified atom stereocenters. The number of carboxylic acid groups (broad SMARTS) is 1. The third kappa shape index (κ3) is 3.27. The Kier molecular flexibility index (Phi) is 5.60. The van der Waals surface area contributed by atoms with Crippen molar-refractivity contribution in [2.75, 3.05) is 13.1 Å². The minimum Gasteiger partial charge on any atom is -0.481 e. The van der Waals surface area contributed by atoms with Gasteiger partial charge in [-0.05, 0) is 37.0 Å². The third-order valence-corrected chi connectivity index (χ3v) is 6.29. The average Bonchev–Trinajstić information content (AvgIpc) is 2.58. The van der Waals surface area contributed by atoms with Gasteiger partial charge in [0, 0.05) is 13.1 Å². The van der Waals surface area contributed by atoms with Crippen LogP contribution in [0.3, 0.4) is 0 Å². The molecule has 0 aromatic heterocycles. The second-order valence-electron chi connectivity index (χ2n) is 9.09. The van der Waals surface area contributed by atoms with Gasteiger partial charge in [0.2, 0.25) is 5.91 Å². The molecule has 134 valence electrons. The first-order valence-electron chi connectivity index (χ1n) is 8.82. The summed E-state index contributed by atoms with van der Waals surface area (Å²) in [4.78, 5) is 27.2. The summed E-state index contributed by atoms with van der Waals surface area (Å²) in [6, 6.07) is 0. The normalized spacial score (nSPS) is 30.0. The van der Waals surface area contributed by atoms with Crippen molar-refractivity contribution in [1.82, 2.24) is 4.90 Å². The molecule has 1 aliphatic rings. The number of hydrogen-bond donors (Lipinski definition) is 1. The highest BCUT2D eigenvalue weighted by Crippen LogP contribution is 2.63. The van der Waals surface area contributed by atoms with Crippen LogP contribution in [0.2, 0.25) is 0 Å². The molecule has 0 aliphatic heterocycles. The molecule has 0 heterocycles. The summed E-state index contributed by atoms with van der Waals surface area (Å²) in [5, 5.41) is 9.73. The molecule has 0 aromatic rings. The number of carboxylic acids is 1. The summed E-state index contributed by atoms with van der Waals surface area (Å²) in [7, 11) is 0. The quantitative estimate of drug-likeness (QED) is 0.801. The lowest BCUT2D eigenvalue weighted by atomic mass is 9.59. The highest BCUT2D eigenvalue weighted by atomic mass is 16.4. The molecule has 1 amide bonds. The Morgan fingerprint density at radius 2 is 1.30 bits per heavy atom. The molecule has 1 saturated carbocycles. The van der Waals surface area contributed by atoms with Gasteiger partial charge >= 0.3 is 5.97 Å². The molecular weight excluding hydrogens is 290 g/mol. The van der Waals surface area contributed by atoms with Gasteiger partial charge in [-0.3, -0.25) is 9.59 Å². The zero-order chi connectivity index (χ0) is 18.2. The number of carbonyl (C=O) groups excluding carboxylic acids is 1. The van der Waals surface area contributed by atoms with E-state index in [0.717, 1.165) is 13.1 Å². The number of nitrogens with zero attached hydrogens (tertiary/aromatic N) is 1. The Labute approximate surface area is 141 Å². The van der Waals surface area contributed by atoms with Crippen molar-refractivity contribution < 1.29 is 14.7 Å². The van der Waals surface area contributed by atoms with Crippen molar-refractivity contribution in [3.63, 3.8) is 0 Å². The van der Waals surface area contributed by atoms with Crippen LogP contribution in [0.1, 0.15) is 68.2 Å². The summed E-state index contributed by atoms with van der Waals surface area (Å²) >= 11 is 0. The molecule has 0 radical (unpaired) electrons. The Balaban J connectivity index is 3.20. The van der Waals surface area contributed by atoms with Crippen LogP contribution in [-0.4, -0.2) is 35.0 Å². The van der Waals surface area contributed by atoms with Crippen LogP contribution < -0.4 is 0 Å². The van der Waals surface area contributed by atoms with Crippen molar-refractivity contribution in [2.45, 2.75) is 68.2 Å². The maximum Gasteiger partial charge on any atom is 0.309 e. The van der Waals surface area contributed by atoms with E-state index in [9.17, 15) is 14.7 Å². The fraction of sp³-hybridized carbons (Fsp3) is 0.895. The van der Waals surface area contributed by atoms with Gasteiger partial charge in [0.25, 0.3) is 0 Å². The van der Waals surface area contributed by atoms with E-state index < -0.39 is 22.2 Å². The van der Waals surface area contributed by atoms with Gasteiger partial charge < -0.3 is 10.0 Å². The molecule has 0 aromatic carbocycles. The van der Waals surface area contributed by atoms with Gasteiger partial charge in [-0.15, -0.1) is 0 Å². The minimum absolute atomic E-state index is 0.120. The zero-order valence-electron chi connectivity index (χ0n) is 16.2. The zero-order valence-corrected chi connectivity index (χ0v) is 16.2. The Hall–Kier alpha value is -1.06. The van der Waals surface area contributed by atoms with Crippen molar-refractivity contribution in [3.05, 3.63) is 0 Å². The molecule has 1 N–H and O–H groups in total. The number of aliphatic carboxylic acids is 1. The first-order chi connectivity index (χ1) is 10.3. The van der Waals surface area contributed by atoms with Gasteiger partial charge in [-0.1, -0.05) is 48.5 Å². The van der Waals surface area contributed by atoms with Gasteiger partial charge in [0.05, 0.1) is 10.8 Å². The Bertz CT molecular complexity index is 459. The Morgan fingerprint density at radius 1 is 0.913 bits per heavy atom. The van der Waals surface area contributed by atoms with Crippen LogP contribution in [0.4, 0.5) is 0 Å². The topological polar surface area (TPSA) is 57.6 Å². The SMILES string of the molecule is CC(C)CN(CC(C)C)C(=O)C1(C)CCC(C)(C(=O)O)C1(C)C. The molecule has 2 atom stereocenters. The fourth-order valence-electron chi connectivity index (χ4n) is 3.95. The molecule has 1 aliphatic carbocycles. The van der Waals surface area contributed by atoms with Gasteiger partial charge in [-0.2, -0.15) is 0 Å². The molecule has 0 saturated heterocycles. The summed E-state index contributed by atoms with van der Waals surface area (Å²) in [5.41, 5.74) is -2.09. The summed E-state index contributed by atoms with van der Waals surface area (Å²) in [5.74, 6) is 0.126.